The number of imidazole rings is 1. The van der Waals surface area contributed by atoms with E-state index in [4.69, 9.17) is 4.98 Å². The smallest absolute Gasteiger partial charge is 0.313 e. The Labute approximate surface area is 177 Å². The van der Waals surface area contributed by atoms with Crippen LogP contribution in [-0.4, -0.2) is 27.0 Å². The first-order valence-electron chi connectivity index (χ1n) is 10.7. The van der Waals surface area contributed by atoms with E-state index < -0.39 is 11.7 Å². The topological polar surface area (TPSA) is 51.0 Å². The maximum Gasteiger partial charge on any atom is 0.416 e. The van der Waals surface area contributed by atoms with Crippen LogP contribution in [0.2, 0.25) is 0 Å². The lowest BCUT2D eigenvalue weighted by Crippen LogP contribution is -2.36. The fourth-order valence-corrected chi connectivity index (χ4v) is 4.71. The van der Waals surface area contributed by atoms with Gasteiger partial charge in [-0.3, -0.25) is 4.79 Å². The van der Waals surface area contributed by atoms with Crippen molar-refractivity contribution in [3.63, 3.8) is 0 Å². The quantitative estimate of drug-likeness (QED) is 0.543. The highest BCUT2D eigenvalue weighted by Crippen LogP contribution is 2.36. The highest BCUT2D eigenvalue weighted by atomic mass is 19.4. The highest BCUT2D eigenvalue weighted by Gasteiger charge is 2.33. The van der Waals surface area contributed by atoms with Crippen molar-refractivity contribution in [2.24, 2.45) is 0 Å². The summed E-state index contributed by atoms with van der Waals surface area (Å²) in [7, 11) is 0. The molecule has 0 unspecified atom stereocenters. The number of rotatable bonds is 1. The molecule has 8 heteroatoms. The van der Waals surface area contributed by atoms with Crippen LogP contribution in [0.25, 0.3) is 11.2 Å². The third kappa shape index (κ3) is 3.47. The van der Waals surface area contributed by atoms with Crippen molar-refractivity contribution in [2.75, 3.05) is 11.4 Å². The number of alkyl halides is 3. The first-order valence-corrected chi connectivity index (χ1v) is 10.7. The van der Waals surface area contributed by atoms with Crippen molar-refractivity contribution in [3.05, 3.63) is 52.5 Å². The number of carbonyl (C=O) groups is 1. The lowest BCUT2D eigenvalue weighted by molar-refractivity contribution is -0.137. The molecular formula is C23H23F3N4O. The van der Waals surface area contributed by atoms with Gasteiger partial charge in [0.1, 0.15) is 11.3 Å². The summed E-state index contributed by atoms with van der Waals surface area (Å²) in [5, 5.41) is 0. The number of benzene rings is 1. The lowest BCUT2D eigenvalue weighted by Gasteiger charge is -2.30. The number of fused-ring (bicyclic) bond motifs is 4. The lowest BCUT2D eigenvalue weighted by atomic mass is 9.98. The zero-order chi connectivity index (χ0) is 21.8. The molecule has 0 fully saturated rings. The molecule has 0 atom stereocenters. The number of amides is 1. The van der Waals surface area contributed by atoms with Crippen LogP contribution in [0.1, 0.15) is 58.7 Å². The standard InChI is InChI=1S/C23H23F3N4O/c1-14-12-17(20-21(27-14)30-10-4-2-3-7-19(30)28-20)22(31)29-11-5-6-15-13-16(23(24,25)26)8-9-18(15)29/h8-9,12-13H,2-7,10-11H2,1H3. The number of anilines is 1. The van der Waals surface area contributed by atoms with Crippen LogP contribution in [0, 0.1) is 6.92 Å². The number of pyridine rings is 1. The number of hydrogen-bond donors (Lipinski definition) is 0. The molecule has 5 nitrogen and oxygen atoms in total. The first kappa shape index (κ1) is 20.0. The number of aromatic nitrogens is 3. The number of hydrogen-bond acceptors (Lipinski definition) is 3. The predicted molar refractivity (Wildman–Crippen MR) is 111 cm³/mol. The number of carbonyl (C=O) groups excluding carboxylic acids is 1. The predicted octanol–water partition coefficient (Wildman–Crippen LogP) is 5.08. The van der Waals surface area contributed by atoms with Gasteiger partial charge in [-0.1, -0.05) is 6.42 Å². The Morgan fingerprint density at radius 3 is 2.65 bits per heavy atom. The van der Waals surface area contributed by atoms with E-state index in [1.165, 1.54) is 12.1 Å². The Morgan fingerprint density at radius 2 is 1.84 bits per heavy atom. The van der Waals surface area contributed by atoms with Gasteiger partial charge in [0, 0.05) is 30.9 Å². The van der Waals surface area contributed by atoms with Crippen LogP contribution in [0.5, 0.6) is 0 Å². The third-order valence-corrected chi connectivity index (χ3v) is 6.19. The summed E-state index contributed by atoms with van der Waals surface area (Å²) in [4.78, 5) is 24.7. The molecule has 0 saturated heterocycles. The average Bonchev–Trinajstić information content (AvgIpc) is 2.92. The molecule has 0 spiro atoms. The first-order chi connectivity index (χ1) is 14.8. The van der Waals surface area contributed by atoms with Crippen molar-refractivity contribution in [2.45, 2.75) is 58.2 Å². The van der Waals surface area contributed by atoms with Crippen LogP contribution >= 0.6 is 0 Å². The summed E-state index contributed by atoms with van der Waals surface area (Å²) in [5.41, 5.74) is 2.94. The summed E-state index contributed by atoms with van der Waals surface area (Å²) in [6.45, 7) is 3.16. The third-order valence-electron chi connectivity index (χ3n) is 6.19. The van der Waals surface area contributed by atoms with Gasteiger partial charge in [-0.25, -0.2) is 9.97 Å². The zero-order valence-electron chi connectivity index (χ0n) is 17.3. The molecule has 2 aliphatic rings. The summed E-state index contributed by atoms with van der Waals surface area (Å²) < 4.78 is 41.5. The van der Waals surface area contributed by atoms with Gasteiger partial charge in [-0.05, 0) is 62.4 Å². The second-order valence-corrected chi connectivity index (χ2v) is 8.38. The molecule has 1 amide bonds. The SMILES string of the molecule is Cc1cc(C(=O)N2CCCc3cc(C(F)(F)F)ccc32)c2nc3n(c2n1)CCCCC3. The van der Waals surface area contributed by atoms with Gasteiger partial charge >= 0.3 is 6.18 Å². The van der Waals surface area contributed by atoms with Crippen molar-refractivity contribution in [1.29, 1.82) is 0 Å². The van der Waals surface area contributed by atoms with E-state index in [0.29, 0.717) is 41.7 Å². The molecule has 0 N–H and O–H groups in total. The van der Waals surface area contributed by atoms with E-state index in [2.05, 4.69) is 9.55 Å². The van der Waals surface area contributed by atoms with E-state index in [0.717, 1.165) is 55.5 Å². The van der Waals surface area contributed by atoms with Gasteiger partial charge in [-0.15, -0.1) is 0 Å². The fourth-order valence-electron chi connectivity index (χ4n) is 4.71. The minimum atomic E-state index is -4.40. The van der Waals surface area contributed by atoms with Crippen LogP contribution < -0.4 is 4.90 Å². The Bertz CT molecular complexity index is 1180. The fraction of sp³-hybridized carbons (Fsp3) is 0.435. The molecule has 3 aromatic rings. The minimum Gasteiger partial charge on any atom is -0.313 e. The largest absolute Gasteiger partial charge is 0.416 e. The maximum atomic E-state index is 13.6. The van der Waals surface area contributed by atoms with Crippen LogP contribution in [-0.2, 0) is 25.6 Å². The zero-order valence-corrected chi connectivity index (χ0v) is 17.3. The van der Waals surface area contributed by atoms with E-state index in [-0.39, 0.29) is 5.91 Å². The van der Waals surface area contributed by atoms with Gasteiger partial charge < -0.3 is 9.47 Å². The molecule has 1 aromatic carbocycles. The average molecular weight is 428 g/mol. The van der Waals surface area contributed by atoms with Gasteiger partial charge in [0.25, 0.3) is 5.91 Å². The summed E-state index contributed by atoms with van der Waals surface area (Å²) in [5.74, 6) is 0.720. The monoisotopic (exact) mass is 428 g/mol. The van der Waals surface area contributed by atoms with Crippen molar-refractivity contribution >= 4 is 22.8 Å². The Morgan fingerprint density at radius 1 is 1.00 bits per heavy atom. The van der Waals surface area contributed by atoms with Gasteiger partial charge in [-0.2, -0.15) is 13.2 Å². The molecule has 0 radical (unpaired) electrons. The summed E-state index contributed by atoms with van der Waals surface area (Å²) in [6.07, 6.45) is 0.858. The molecule has 2 aromatic heterocycles. The molecule has 0 bridgehead atoms. The molecule has 0 saturated carbocycles. The molecule has 2 aliphatic heterocycles. The van der Waals surface area contributed by atoms with Crippen LogP contribution in [0.4, 0.5) is 18.9 Å². The molecule has 5 rings (SSSR count). The second-order valence-electron chi connectivity index (χ2n) is 8.38. The van der Waals surface area contributed by atoms with Crippen molar-refractivity contribution < 1.29 is 18.0 Å². The van der Waals surface area contributed by atoms with Crippen molar-refractivity contribution in [1.82, 2.24) is 14.5 Å². The van der Waals surface area contributed by atoms with E-state index in [9.17, 15) is 18.0 Å². The van der Waals surface area contributed by atoms with Gasteiger partial charge in [0.05, 0.1) is 11.1 Å². The highest BCUT2D eigenvalue weighted by molar-refractivity contribution is 6.13. The second kappa shape index (κ2) is 7.35. The number of nitrogens with zero attached hydrogens (tertiary/aromatic N) is 4. The number of halogens is 3. The van der Waals surface area contributed by atoms with Gasteiger partial charge in [0.2, 0.25) is 0 Å². The molecule has 4 heterocycles. The molecular weight excluding hydrogens is 405 g/mol. The van der Waals surface area contributed by atoms with Crippen molar-refractivity contribution in [3.8, 4) is 0 Å². The van der Waals surface area contributed by atoms with Gasteiger partial charge in [0.15, 0.2) is 5.65 Å². The van der Waals surface area contributed by atoms with Crippen LogP contribution in [0.15, 0.2) is 24.3 Å². The van der Waals surface area contributed by atoms with E-state index in [1.807, 2.05) is 6.92 Å². The molecule has 0 aliphatic carbocycles. The molecule has 162 valence electrons. The maximum absolute atomic E-state index is 13.6. The Balaban J connectivity index is 1.59. The van der Waals surface area contributed by atoms with Crippen LogP contribution in [0.3, 0.4) is 0 Å². The minimum absolute atomic E-state index is 0.232. The summed E-state index contributed by atoms with van der Waals surface area (Å²) >= 11 is 0. The summed E-state index contributed by atoms with van der Waals surface area (Å²) in [6, 6.07) is 5.39. The molecule has 31 heavy (non-hydrogen) atoms. The number of aryl methyl sites for hydroxylation is 4. The van der Waals surface area contributed by atoms with E-state index in [1.54, 1.807) is 11.0 Å². The Hall–Kier alpha value is -2.90. The Kier molecular flexibility index (Phi) is 4.75. The van der Waals surface area contributed by atoms with E-state index >= 15 is 0 Å². The normalized spacial score (nSPS) is 16.7.